The van der Waals surface area contributed by atoms with E-state index in [2.05, 4.69) is 5.32 Å². The molecule has 2 rings (SSSR count). The Morgan fingerprint density at radius 2 is 1.70 bits per heavy atom. The van der Waals surface area contributed by atoms with Crippen LogP contribution in [0, 0.1) is 12.7 Å². The molecule has 1 fully saturated rings. The molecule has 4 nitrogen and oxygen atoms in total. The van der Waals surface area contributed by atoms with E-state index in [4.69, 9.17) is 9.31 Å². The van der Waals surface area contributed by atoms with Crippen LogP contribution in [0.25, 0.3) is 0 Å². The number of aryl methyl sites for hydroxylation is 1. The van der Waals surface area contributed by atoms with Gasteiger partial charge in [0.25, 0.3) is 5.91 Å². The SMILES string of the molecule is Cc1cc(B2OC(C)(C)C(C)(C)O2)cc(F)c1C(=O)NC(C)C. The zero-order chi connectivity index (χ0) is 17.6. The molecule has 0 radical (unpaired) electrons. The Balaban J connectivity index is 2.33. The minimum atomic E-state index is -0.643. The highest BCUT2D eigenvalue weighted by Crippen LogP contribution is 2.36. The third-order valence-corrected chi connectivity index (χ3v) is 4.48. The number of hydrogen-bond donors (Lipinski definition) is 1. The number of carbonyl (C=O) groups is 1. The van der Waals surface area contributed by atoms with Gasteiger partial charge in [-0.2, -0.15) is 0 Å². The Kier molecular flexibility index (Phi) is 4.61. The van der Waals surface area contributed by atoms with E-state index in [1.807, 2.05) is 41.5 Å². The van der Waals surface area contributed by atoms with Crippen LogP contribution in [0.4, 0.5) is 4.39 Å². The summed E-state index contributed by atoms with van der Waals surface area (Å²) in [5, 5.41) is 2.71. The summed E-state index contributed by atoms with van der Waals surface area (Å²) in [7, 11) is -0.643. The number of amides is 1. The highest BCUT2D eigenvalue weighted by molar-refractivity contribution is 6.62. The van der Waals surface area contributed by atoms with Gasteiger partial charge in [0.05, 0.1) is 16.8 Å². The molecule has 1 amide bonds. The second-order valence-electron chi connectivity index (χ2n) is 7.41. The first-order valence-corrected chi connectivity index (χ1v) is 7.91. The van der Waals surface area contributed by atoms with E-state index in [0.717, 1.165) is 0 Å². The number of benzene rings is 1. The Hall–Kier alpha value is -1.40. The predicted octanol–water partition coefficient (Wildman–Crippen LogP) is 2.57. The van der Waals surface area contributed by atoms with Gasteiger partial charge in [-0.05, 0) is 65.6 Å². The van der Waals surface area contributed by atoms with Gasteiger partial charge >= 0.3 is 7.12 Å². The van der Waals surface area contributed by atoms with E-state index in [0.29, 0.717) is 11.0 Å². The molecule has 0 unspecified atom stereocenters. The Morgan fingerprint density at radius 3 is 2.13 bits per heavy atom. The van der Waals surface area contributed by atoms with E-state index in [1.54, 1.807) is 13.0 Å². The number of nitrogens with one attached hydrogen (secondary N) is 1. The maximum Gasteiger partial charge on any atom is 0.494 e. The predicted molar refractivity (Wildman–Crippen MR) is 89.5 cm³/mol. The van der Waals surface area contributed by atoms with Crippen LogP contribution < -0.4 is 10.8 Å². The highest BCUT2D eigenvalue weighted by atomic mass is 19.1. The van der Waals surface area contributed by atoms with Gasteiger partial charge in [-0.25, -0.2) is 4.39 Å². The van der Waals surface area contributed by atoms with Gasteiger partial charge in [0.15, 0.2) is 0 Å². The molecular weight excluding hydrogens is 296 g/mol. The van der Waals surface area contributed by atoms with Crippen LogP contribution in [-0.2, 0) is 9.31 Å². The third-order valence-electron chi connectivity index (χ3n) is 4.48. The lowest BCUT2D eigenvalue weighted by atomic mass is 9.77. The monoisotopic (exact) mass is 321 g/mol. The van der Waals surface area contributed by atoms with Gasteiger partial charge < -0.3 is 14.6 Å². The van der Waals surface area contributed by atoms with Crippen molar-refractivity contribution in [3.8, 4) is 0 Å². The van der Waals surface area contributed by atoms with Crippen LogP contribution in [0.2, 0.25) is 0 Å². The maximum absolute atomic E-state index is 14.5. The van der Waals surface area contributed by atoms with Crippen molar-refractivity contribution in [2.45, 2.75) is 65.7 Å². The largest absolute Gasteiger partial charge is 0.494 e. The molecule has 0 saturated carbocycles. The van der Waals surface area contributed by atoms with Crippen LogP contribution in [-0.4, -0.2) is 30.3 Å². The van der Waals surface area contributed by atoms with Crippen LogP contribution in [0.5, 0.6) is 0 Å². The van der Waals surface area contributed by atoms with Crippen molar-refractivity contribution >= 4 is 18.5 Å². The fourth-order valence-corrected chi connectivity index (χ4v) is 2.51. The molecule has 1 heterocycles. The summed E-state index contributed by atoms with van der Waals surface area (Å²) in [6, 6.07) is 3.02. The van der Waals surface area contributed by atoms with Gasteiger partial charge in [-0.15, -0.1) is 0 Å². The summed E-state index contributed by atoms with van der Waals surface area (Å²) in [5.74, 6) is -0.969. The summed E-state index contributed by atoms with van der Waals surface area (Å²) < 4.78 is 26.3. The van der Waals surface area contributed by atoms with E-state index >= 15 is 0 Å². The first-order valence-electron chi connectivity index (χ1n) is 7.91. The molecule has 0 aliphatic carbocycles. The van der Waals surface area contributed by atoms with Gasteiger partial charge in [-0.1, -0.05) is 6.07 Å². The van der Waals surface area contributed by atoms with E-state index in [1.165, 1.54) is 6.07 Å². The molecule has 23 heavy (non-hydrogen) atoms. The molecule has 1 aromatic rings. The Labute approximate surface area is 137 Å². The van der Waals surface area contributed by atoms with Gasteiger partial charge in [0.1, 0.15) is 5.82 Å². The molecule has 1 N–H and O–H groups in total. The van der Waals surface area contributed by atoms with Crippen molar-refractivity contribution in [3.63, 3.8) is 0 Å². The van der Waals surface area contributed by atoms with Crippen molar-refractivity contribution in [2.24, 2.45) is 0 Å². The van der Waals surface area contributed by atoms with Crippen molar-refractivity contribution in [1.82, 2.24) is 5.32 Å². The lowest BCUT2D eigenvalue weighted by Crippen LogP contribution is -2.41. The molecule has 1 aliphatic heterocycles. The molecule has 6 heteroatoms. The lowest BCUT2D eigenvalue weighted by molar-refractivity contribution is 0.00578. The van der Waals surface area contributed by atoms with Crippen molar-refractivity contribution in [1.29, 1.82) is 0 Å². The van der Waals surface area contributed by atoms with Gasteiger partial charge in [0.2, 0.25) is 0 Å². The first kappa shape index (κ1) is 18.0. The van der Waals surface area contributed by atoms with Crippen LogP contribution >= 0.6 is 0 Å². The number of hydrogen-bond acceptors (Lipinski definition) is 3. The van der Waals surface area contributed by atoms with Crippen molar-refractivity contribution < 1.29 is 18.5 Å². The van der Waals surface area contributed by atoms with Crippen molar-refractivity contribution in [2.75, 3.05) is 0 Å². The van der Waals surface area contributed by atoms with E-state index in [-0.39, 0.29) is 11.6 Å². The minimum absolute atomic E-state index is 0.0518. The van der Waals surface area contributed by atoms with Gasteiger partial charge in [0, 0.05) is 6.04 Å². The van der Waals surface area contributed by atoms with E-state index in [9.17, 15) is 9.18 Å². The number of rotatable bonds is 3. The average molecular weight is 321 g/mol. The summed E-state index contributed by atoms with van der Waals surface area (Å²) >= 11 is 0. The lowest BCUT2D eigenvalue weighted by Gasteiger charge is -2.32. The summed E-state index contributed by atoms with van der Waals surface area (Å²) in [6.07, 6.45) is 0. The number of carbonyl (C=O) groups excluding carboxylic acids is 1. The van der Waals surface area contributed by atoms with Crippen LogP contribution in [0.3, 0.4) is 0 Å². The molecule has 1 aliphatic rings. The summed E-state index contributed by atoms with van der Waals surface area (Å²) in [5.41, 5.74) is 0.234. The second kappa shape index (κ2) is 5.91. The van der Waals surface area contributed by atoms with E-state index < -0.39 is 30.0 Å². The molecule has 0 aromatic heterocycles. The highest BCUT2D eigenvalue weighted by Gasteiger charge is 2.51. The fourth-order valence-electron chi connectivity index (χ4n) is 2.51. The molecule has 0 spiro atoms. The standard InChI is InChI=1S/C17H25BFNO3/c1-10(2)20-15(21)14-11(3)8-12(9-13(14)19)18-22-16(4,5)17(6,7)23-18/h8-10H,1-7H3,(H,20,21). The zero-order valence-corrected chi connectivity index (χ0v) is 14.9. The van der Waals surface area contributed by atoms with Gasteiger partial charge in [-0.3, -0.25) is 4.79 Å². The Morgan fingerprint density at radius 1 is 1.17 bits per heavy atom. The molecule has 1 saturated heterocycles. The average Bonchev–Trinajstić information content (AvgIpc) is 2.56. The van der Waals surface area contributed by atoms with Crippen LogP contribution in [0.15, 0.2) is 12.1 Å². The maximum atomic E-state index is 14.5. The van der Waals surface area contributed by atoms with Crippen molar-refractivity contribution in [3.05, 3.63) is 29.1 Å². The molecular formula is C17H25BFNO3. The fraction of sp³-hybridized carbons (Fsp3) is 0.588. The molecule has 0 atom stereocenters. The molecule has 1 aromatic carbocycles. The summed E-state index contributed by atoms with van der Waals surface area (Å²) in [6.45, 7) is 13.2. The quantitative estimate of drug-likeness (QED) is 0.871. The zero-order valence-electron chi connectivity index (χ0n) is 14.9. The minimum Gasteiger partial charge on any atom is -0.399 e. The summed E-state index contributed by atoms with van der Waals surface area (Å²) in [4.78, 5) is 12.1. The number of halogens is 1. The third kappa shape index (κ3) is 3.43. The first-order chi connectivity index (χ1) is 10.4. The smallest absolute Gasteiger partial charge is 0.399 e. The molecule has 126 valence electrons. The molecule has 0 bridgehead atoms. The Bertz CT molecular complexity index is 589. The van der Waals surface area contributed by atoms with Crippen LogP contribution in [0.1, 0.15) is 57.5 Å². The second-order valence-corrected chi connectivity index (χ2v) is 7.41. The topological polar surface area (TPSA) is 47.6 Å². The normalized spacial score (nSPS) is 19.3.